The average molecular weight is 259 g/mol. The Morgan fingerprint density at radius 2 is 2.26 bits per heavy atom. The van der Waals surface area contributed by atoms with Crippen LogP contribution in [-0.2, 0) is 6.42 Å². The van der Waals surface area contributed by atoms with Crippen LogP contribution < -0.4 is 4.74 Å². The third-order valence-corrected chi connectivity index (χ3v) is 4.25. The Labute approximate surface area is 113 Å². The number of ether oxygens (including phenoxy) is 1. The molecule has 1 aliphatic rings. The van der Waals surface area contributed by atoms with Crippen LogP contribution in [0.1, 0.15) is 25.0 Å². The normalized spacial score (nSPS) is 15.9. The summed E-state index contributed by atoms with van der Waals surface area (Å²) in [4.78, 5) is 2.46. The molecule has 0 spiro atoms. The maximum atomic E-state index is 5.44. The van der Waals surface area contributed by atoms with E-state index in [4.69, 9.17) is 4.74 Å². The van der Waals surface area contributed by atoms with Crippen LogP contribution in [-0.4, -0.2) is 41.8 Å². The first-order valence-corrected chi connectivity index (χ1v) is 7.00. The van der Waals surface area contributed by atoms with Crippen LogP contribution in [0.15, 0.2) is 18.2 Å². The summed E-state index contributed by atoms with van der Waals surface area (Å²) in [5.74, 6) is 0.910. The van der Waals surface area contributed by atoms with Crippen molar-refractivity contribution in [1.29, 1.82) is 0 Å². The van der Waals surface area contributed by atoms with Gasteiger partial charge in [-0.3, -0.25) is 5.10 Å². The number of aromatic nitrogens is 2. The average Bonchev–Trinajstić information content (AvgIpc) is 2.77. The Bertz CT molecular complexity index is 560. The Balaban J connectivity index is 1.76. The fourth-order valence-electron chi connectivity index (χ4n) is 2.75. The van der Waals surface area contributed by atoms with E-state index in [0.29, 0.717) is 0 Å². The zero-order chi connectivity index (χ0) is 13.2. The standard InChI is InChI=1S/C15H21N3O/c1-18(11-5-3-6-11)10-9-13-15-12(16-17-13)7-4-8-14(15)19-2/h4,7-8,11H,3,5-6,9-10H2,1-2H3,(H,16,17). The summed E-state index contributed by atoms with van der Waals surface area (Å²) in [5.41, 5.74) is 2.17. The molecule has 19 heavy (non-hydrogen) atoms. The molecule has 1 aromatic carbocycles. The smallest absolute Gasteiger partial charge is 0.130 e. The van der Waals surface area contributed by atoms with Crippen molar-refractivity contribution in [3.8, 4) is 5.75 Å². The van der Waals surface area contributed by atoms with Crippen molar-refractivity contribution in [2.45, 2.75) is 31.7 Å². The maximum absolute atomic E-state index is 5.44. The molecule has 4 nitrogen and oxygen atoms in total. The van der Waals surface area contributed by atoms with Gasteiger partial charge in [0.2, 0.25) is 0 Å². The van der Waals surface area contributed by atoms with Crippen molar-refractivity contribution >= 4 is 10.9 Å². The summed E-state index contributed by atoms with van der Waals surface area (Å²) in [5, 5.41) is 8.65. The predicted molar refractivity (Wildman–Crippen MR) is 76.6 cm³/mol. The largest absolute Gasteiger partial charge is 0.496 e. The van der Waals surface area contributed by atoms with E-state index < -0.39 is 0 Å². The number of hydrogen-bond donors (Lipinski definition) is 1. The summed E-state index contributed by atoms with van der Waals surface area (Å²) in [6.07, 6.45) is 5.08. The van der Waals surface area contributed by atoms with Gasteiger partial charge in [0.15, 0.2) is 0 Å². The first-order chi connectivity index (χ1) is 9.29. The summed E-state index contributed by atoms with van der Waals surface area (Å²) in [6.45, 7) is 1.07. The molecular weight excluding hydrogens is 238 g/mol. The highest BCUT2D eigenvalue weighted by Gasteiger charge is 2.22. The molecule has 1 saturated carbocycles. The number of nitrogens with one attached hydrogen (secondary N) is 1. The van der Waals surface area contributed by atoms with Gasteiger partial charge >= 0.3 is 0 Å². The molecule has 0 aliphatic heterocycles. The monoisotopic (exact) mass is 259 g/mol. The Hall–Kier alpha value is -1.55. The van der Waals surface area contributed by atoms with Crippen molar-refractivity contribution in [1.82, 2.24) is 15.1 Å². The van der Waals surface area contributed by atoms with E-state index in [0.717, 1.165) is 35.7 Å². The highest BCUT2D eigenvalue weighted by atomic mass is 16.5. The van der Waals surface area contributed by atoms with Crippen molar-refractivity contribution in [3.63, 3.8) is 0 Å². The number of nitrogens with zero attached hydrogens (tertiary/aromatic N) is 2. The number of hydrogen-bond acceptors (Lipinski definition) is 3. The lowest BCUT2D eigenvalue weighted by Gasteiger charge is -2.34. The molecule has 1 aromatic heterocycles. The van der Waals surface area contributed by atoms with Gasteiger partial charge in [0.1, 0.15) is 5.75 Å². The quantitative estimate of drug-likeness (QED) is 0.897. The van der Waals surface area contributed by atoms with Gasteiger partial charge in [0.05, 0.1) is 18.0 Å². The van der Waals surface area contributed by atoms with Gasteiger partial charge in [0, 0.05) is 24.7 Å². The van der Waals surface area contributed by atoms with Gasteiger partial charge in [0.25, 0.3) is 0 Å². The molecule has 1 heterocycles. The molecule has 0 bridgehead atoms. The van der Waals surface area contributed by atoms with Gasteiger partial charge < -0.3 is 9.64 Å². The zero-order valence-electron chi connectivity index (χ0n) is 11.6. The van der Waals surface area contributed by atoms with E-state index in [9.17, 15) is 0 Å². The lowest BCUT2D eigenvalue weighted by Crippen LogP contribution is -2.38. The minimum atomic E-state index is 0.788. The Morgan fingerprint density at radius 3 is 2.95 bits per heavy atom. The first-order valence-electron chi connectivity index (χ1n) is 7.00. The molecule has 3 rings (SSSR count). The molecule has 1 fully saturated rings. The summed E-state index contributed by atoms with van der Waals surface area (Å²) < 4.78 is 5.44. The van der Waals surface area contributed by atoms with Crippen LogP contribution >= 0.6 is 0 Å². The molecule has 0 unspecified atom stereocenters. The number of rotatable bonds is 5. The Morgan fingerprint density at radius 1 is 1.42 bits per heavy atom. The second-order valence-corrected chi connectivity index (χ2v) is 5.37. The fraction of sp³-hybridized carbons (Fsp3) is 0.533. The van der Waals surface area contributed by atoms with Crippen molar-refractivity contribution in [2.75, 3.05) is 20.7 Å². The molecule has 0 radical (unpaired) electrons. The van der Waals surface area contributed by atoms with Gasteiger partial charge in [-0.1, -0.05) is 12.5 Å². The third kappa shape index (κ3) is 2.32. The SMILES string of the molecule is COc1cccc2n[nH]c(CCN(C)C3CCC3)c12. The predicted octanol–water partition coefficient (Wildman–Crippen LogP) is 2.60. The molecule has 1 aliphatic carbocycles. The van der Waals surface area contributed by atoms with E-state index in [-0.39, 0.29) is 0 Å². The van der Waals surface area contributed by atoms with Gasteiger partial charge in [-0.05, 0) is 32.0 Å². The van der Waals surface area contributed by atoms with E-state index in [1.807, 2.05) is 18.2 Å². The molecule has 0 saturated heterocycles. The fourth-order valence-corrected chi connectivity index (χ4v) is 2.75. The number of aromatic amines is 1. The molecule has 2 aromatic rings. The lowest BCUT2D eigenvalue weighted by atomic mass is 9.92. The number of H-pyrrole nitrogens is 1. The topological polar surface area (TPSA) is 41.1 Å². The lowest BCUT2D eigenvalue weighted by molar-refractivity contribution is 0.161. The van der Waals surface area contributed by atoms with Gasteiger partial charge in [-0.2, -0.15) is 5.10 Å². The van der Waals surface area contributed by atoms with Gasteiger partial charge in [-0.15, -0.1) is 0 Å². The van der Waals surface area contributed by atoms with Crippen molar-refractivity contribution < 1.29 is 4.74 Å². The van der Waals surface area contributed by atoms with Crippen LogP contribution in [0, 0.1) is 0 Å². The van der Waals surface area contributed by atoms with Gasteiger partial charge in [-0.25, -0.2) is 0 Å². The molecule has 0 amide bonds. The van der Waals surface area contributed by atoms with E-state index in [1.165, 1.54) is 25.0 Å². The van der Waals surface area contributed by atoms with Crippen LogP contribution in [0.4, 0.5) is 0 Å². The molecule has 102 valence electrons. The zero-order valence-corrected chi connectivity index (χ0v) is 11.6. The number of benzene rings is 1. The van der Waals surface area contributed by atoms with Crippen molar-refractivity contribution in [3.05, 3.63) is 23.9 Å². The first kappa shape index (κ1) is 12.5. The minimum absolute atomic E-state index is 0.788. The van der Waals surface area contributed by atoms with Crippen LogP contribution in [0.5, 0.6) is 5.75 Å². The number of methoxy groups -OCH3 is 1. The van der Waals surface area contributed by atoms with Crippen LogP contribution in [0.25, 0.3) is 10.9 Å². The molecule has 4 heteroatoms. The summed E-state index contributed by atoms with van der Waals surface area (Å²) in [6, 6.07) is 6.78. The van der Waals surface area contributed by atoms with E-state index in [1.54, 1.807) is 7.11 Å². The highest BCUT2D eigenvalue weighted by Crippen LogP contribution is 2.28. The van der Waals surface area contributed by atoms with Crippen LogP contribution in [0.2, 0.25) is 0 Å². The molecule has 1 N–H and O–H groups in total. The Kier molecular flexibility index (Phi) is 3.42. The van der Waals surface area contributed by atoms with Crippen LogP contribution in [0.3, 0.4) is 0 Å². The van der Waals surface area contributed by atoms with E-state index in [2.05, 4.69) is 22.1 Å². The second-order valence-electron chi connectivity index (χ2n) is 5.37. The summed E-state index contributed by atoms with van der Waals surface area (Å²) >= 11 is 0. The summed E-state index contributed by atoms with van der Waals surface area (Å²) in [7, 11) is 3.94. The second kappa shape index (κ2) is 5.21. The highest BCUT2D eigenvalue weighted by molar-refractivity contribution is 5.87. The minimum Gasteiger partial charge on any atom is -0.496 e. The molecule has 0 atom stereocenters. The third-order valence-electron chi connectivity index (χ3n) is 4.25. The number of likely N-dealkylation sites (N-methyl/N-ethyl adjacent to an activating group) is 1. The molecular formula is C15H21N3O. The van der Waals surface area contributed by atoms with Crippen molar-refractivity contribution in [2.24, 2.45) is 0 Å². The van der Waals surface area contributed by atoms with E-state index >= 15 is 0 Å². The maximum Gasteiger partial charge on any atom is 0.130 e. The number of fused-ring (bicyclic) bond motifs is 1.